The Bertz CT molecular complexity index is 1560. The number of pyridine rings is 1. The number of amides is 1. The predicted octanol–water partition coefficient (Wildman–Crippen LogP) is 3.87. The molecule has 41 heavy (non-hydrogen) atoms. The third kappa shape index (κ3) is 5.58. The van der Waals surface area contributed by atoms with Gasteiger partial charge in [-0.15, -0.1) is 5.10 Å². The molecule has 0 radical (unpaired) electrons. The molecule has 0 bridgehead atoms. The van der Waals surface area contributed by atoms with Gasteiger partial charge >= 0.3 is 0 Å². The lowest BCUT2D eigenvalue weighted by atomic mass is 9.97. The first-order valence-corrected chi connectivity index (χ1v) is 15.9. The van der Waals surface area contributed by atoms with E-state index >= 15 is 0 Å². The van der Waals surface area contributed by atoms with Gasteiger partial charge in [-0.25, -0.2) is 22.8 Å². The third-order valence-corrected chi connectivity index (χ3v) is 10.3. The van der Waals surface area contributed by atoms with E-state index in [4.69, 9.17) is 9.72 Å². The van der Waals surface area contributed by atoms with Gasteiger partial charge in [0, 0.05) is 31.4 Å². The molecule has 2 aliphatic carbocycles. The first-order valence-electron chi connectivity index (χ1n) is 14.5. The Labute approximate surface area is 241 Å². The topological polar surface area (TPSA) is 124 Å². The molecule has 4 heterocycles. The summed E-state index contributed by atoms with van der Waals surface area (Å²) in [5.41, 5.74) is 0.338. The van der Waals surface area contributed by atoms with Crippen LogP contribution in [0.15, 0.2) is 35.5 Å². The fraction of sp³-hybridized carbons (Fsp3) is 0.586. The number of ether oxygens (including phenoxy) is 1. The van der Waals surface area contributed by atoms with Crippen LogP contribution in [0.4, 0.5) is 5.82 Å². The van der Waals surface area contributed by atoms with E-state index in [0.29, 0.717) is 48.2 Å². The van der Waals surface area contributed by atoms with Crippen molar-refractivity contribution in [1.82, 2.24) is 29.3 Å². The molecule has 3 aromatic rings. The Morgan fingerprint density at radius 3 is 2.46 bits per heavy atom. The van der Waals surface area contributed by atoms with Crippen molar-refractivity contribution in [2.45, 2.75) is 70.2 Å². The van der Waals surface area contributed by atoms with Crippen LogP contribution in [0.1, 0.15) is 68.9 Å². The van der Waals surface area contributed by atoms with E-state index in [1.807, 2.05) is 6.07 Å². The van der Waals surface area contributed by atoms with Crippen LogP contribution in [0.2, 0.25) is 0 Å². The number of hydrogen-bond donors (Lipinski definition) is 1. The fourth-order valence-electron chi connectivity index (χ4n) is 6.28. The molecule has 6 rings (SSSR count). The Morgan fingerprint density at radius 2 is 1.88 bits per heavy atom. The molecular weight excluding hydrogens is 542 g/mol. The zero-order valence-electron chi connectivity index (χ0n) is 24.4. The molecule has 3 aliphatic rings. The number of hydrogen-bond acceptors (Lipinski definition) is 8. The number of nitrogens with zero attached hydrogens (tertiary/aromatic N) is 6. The quantitative estimate of drug-likeness (QED) is 0.383. The van der Waals surface area contributed by atoms with Gasteiger partial charge in [0.05, 0.1) is 24.1 Å². The Kier molecular flexibility index (Phi) is 6.87. The van der Waals surface area contributed by atoms with Gasteiger partial charge in [0.2, 0.25) is 5.88 Å². The van der Waals surface area contributed by atoms with E-state index in [9.17, 15) is 13.2 Å². The van der Waals surface area contributed by atoms with Crippen molar-refractivity contribution in [2.75, 3.05) is 18.1 Å². The second-order valence-electron chi connectivity index (χ2n) is 12.7. The maximum atomic E-state index is 13.5. The van der Waals surface area contributed by atoms with Crippen LogP contribution in [0.3, 0.4) is 0 Å². The van der Waals surface area contributed by atoms with Gasteiger partial charge in [-0.2, -0.15) is 5.10 Å². The highest BCUT2D eigenvalue weighted by Gasteiger charge is 2.42. The molecule has 1 N–H and O–H groups in total. The largest absolute Gasteiger partial charge is 0.476 e. The molecule has 1 atom stereocenters. The molecule has 0 aromatic carbocycles. The van der Waals surface area contributed by atoms with Crippen LogP contribution in [-0.2, 0) is 17.1 Å². The van der Waals surface area contributed by atoms with Gasteiger partial charge < -0.3 is 9.64 Å². The first kappa shape index (κ1) is 27.7. The molecule has 1 saturated heterocycles. The van der Waals surface area contributed by atoms with Crippen molar-refractivity contribution in [3.05, 3.63) is 41.9 Å². The van der Waals surface area contributed by atoms with Crippen LogP contribution in [0.25, 0.3) is 5.82 Å². The molecule has 1 amide bonds. The van der Waals surface area contributed by atoms with Crippen molar-refractivity contribution in [1.29, 1.82) is 0 Å². The highest BCUT2D eigenvalue weighted by Crippen LogP contribution is 2.49. The minimum atomic E-state index is -4.14. The number of rotatable bonds is 10. The van der Waals surface area contributed by atoms with Crippen molar-refractivity contribution in [3.8, 4) is 11.7 Å². The van der Waals surface area contributed by atoms with Gasteiger partial charge in [0.15, 0.2) is 5.82 Å². The molecule has 2 saturated carbocycles. The summed E-state index contributed by atoms with van der Waals surface area (Å²) in [4.78, 5) is 20.5. The highest BCUT2D eigenvalue weighted by atomic mass is 32.2. The van der Waals surface area contributed by atoms with Crippen molar-refractivity contribution < 1.29 is 17.9 Å². The SMILES string of the molecule is Cc1c(S(=O)(=O)NC(=O)c2ccc(-n3ccc(OCC(C4CC4)C4CC4)n3)nc2N2C[C@@H](C)CC2(C)C)cnn1C. The smallest absolute Gasteiger partial charge is 0.268 e. The number of aromatic nitrogens is 5. The summed E-state index contributed by atoms with van der Waals surface area (Å²) in [5, 5.41) is 8.63. The van der Waals surface area contributed by atoms with Crippen LogP contribution >= 0.6 is 0 Å². The average Bonchev–Trinajstić information content (AvgIpc) is 3.82. The lowest BCUT2D eigenvalue weighted by Crippen LogP contribution is -2.41. The minimum Gasteiger partial charge on any atom is -0.476 e. The Morgan fingerprint density at radius 1 is 1.17 bits per heavy atom. The first-order chi connectivity index (χ1) is 19.4. The molecule has 3 aromatic heterocycles. The highest BCUT2D eigenvalue weighted by molar-refractivity contribution is 7.90. The molecule has 0 spiro atoms. The van der Waals surface area contributed by atoms with Crippen molar-refractivity contribution >= 4 is 21.7 Å². The van der Waals surface area contributed by atoms with Gasteiger partial charge in [0.25, 0.3) is 15.9 Å². The van der Waals surface area contributed by atoms with Crippen LogP contribution in [0, 0.1) is 30.6 Å². The molecule has 12 heteroatoms. The van der Waals surface area contributed by atoms with Gasteiger partial charge in [-0.05, 0) is 88.7 Å². The lowest BCUT2D eigenvalue weighted by Gasteiger charge is -2.34. The third-order valence-electron chi connectivity index (χ3n) is 8.82. The van der Waals surface area contributed by atoms with Crippen LogP contribution in [0.5, 0.6) is 5.88 Å². The molecule has 0 unspecified atom stereocenters. The number of carbonyl (C=O) groups is 1. The van der Waals surface area contributed by atoms with Crippen LogP contribution in [-0.4, -0.2) is 57.6 Å². The summed E-state index contributed by atoms with van der Waals surface area (Å²) in [6, 6.07) is 5.14. The van der Waals surface area contributed by atoms with E-state index in [-0.39, 0.29) is 16.0 Å². The number of nitrogens with one attached hydrogen (secondary N) is 1. The number of anilines is 1. The second-order valence-corrected chi connectivity index (χ2v) is 14.3. The standard InChI is InChI=1S/C29H39N7O4S/c1-18-14-29(3,4)35(16-18)27-22(28(37)33-41(38,39)24-15-30-34(5)19(24)2)10-11-25(31-27)36-13-12-26(32-36)40-17-23(20-6-7-20)21-8-9-21/h10-13,15,18,20-21,23H,6-9,14,16-17H2,1-5H3,(H,33,37)/t18-/m0/s1. The summed E-state index contributed by atoms with van der Waals surface area (Å²) >= 11 is 0. The summed E-state index contributed by atoms with van der Waals surface area (Å²) in [6.45, 7) is 9.40. The van der Waals surface area contributed by atoms with Gasteiger partial charge in [0.1, 0.15) is 10.7 Å². The maximum absolute atomic E-state index is 13.5. The lowest BCUT2D eigenvalue weighted by molar-refractivity contribution is 0.0981. The normalized spacial score (nSPS) is 20.5. The molecule has 220 valence electrons. The monoisotopic (exact) mass is 581 g/mol. The zero-order chi connectivity index (χ0) is 29.1. The molecule has 11 nitrogen and oxygen atoms in total. The molecule has 3 fully saturated rings. The van der Waals surface area contributed by atoms with Crippen molar-refractivity contribution in [2.24, 2.45) is 30.7 Å². The minimum absolute atomic E-state index is 0.0377. The van der Waals surface area contributed by atoms with Crippen LogP contribution < -0.4 is 14.4 Å². The fourth-order valence-corrected chi connectivity index (χ4v) is 7.45. The van der Waals surface area contributed by atoms with Gasteiger partial charge in [-0.3, -0.25) is 9.48 Å². The molecular formula is C29H39N7O4S. The second kappa shape index (κ2) is 10.1. The van der Waals surface area contributed by atoms with E-state index < -0.39 is 15.9 Å². The van der Waals surface area contributed by atoms with E-state index in [0.717, 1.165) is 18.3 Å². The summed E-state index contributed by atoms with van der Waals surface area (Å²) in [7, 11) is -2.49. The summed E-state index contributed by atoms with van der Waals surface area (Å²) in [6.07, 6.45) is 9.18. The van der Waals surface area contributed by atoms with Gasteiger partial charge in [-0.1, -0.05) is 6.92 Å². The van der Waals surface area contributed by atoms with E-state index in [1.54, 1.807) is 37.0 Å². The van der Waals surface area contributed by atoms with Crippen molar-refractivity contribution in [3.63, 3.8) is 0 Å². The molecule has 1 aliphatic heterocycles. The van der Waals surface area contributed by atoms with E-state index in [1.165, 1.54) is 36.6 Å². The number of aryl methyl sites for hydroxylation is 1. The summed E-state index contributed by atoms with van der Waals surface area (Å²) in [5.74, 6) is 3.34. The Balaban J connectivity index is 1.28. The predicted molar refractivity (Wildman–Crippen MR) is 154 cm³/mol. The number of carbonyl (C=O) groups excluding carboxylic acids is 1. The zero-order valence-corrected chi connectivity index (χ0v) is 25.2. The summed E-state index contributed by atoms with van der Waals surface area (Å²) < 4.78 is 37.7. The number of sulfonamides is 1. The average molecular weight is 582 g/mol. The maximum Gasteiger partial charge on any atom is 0.268 e. The Hall–Kier alpha value is -3.41. The van der Waals surface area contributed by atoms with E-state index in [2.05, 4.69) is 40.6 Å².